The van der Waals surface area contributed by atoms with Crippen LogP contribution in [0.5, 0.6) is 0 Å². The molecule has 0 atom stereocenters. The van der Waals surface area contributed by atoms with Gasteiger partial charge >= 0.3 is 6.18 Å². The van der Waals surface area contributed by atoms with Crippen LogP contribution in [0.25, 0.3) is 11.4 Å². The normalized spacial score (nSPS) is 16.8. The minimum atomic E-state index is -4.38. The molecule has 1 aromatic heterocycles. The summed E-state index contributed by atoms with van der Waals surface area (Å²) in [4.78, 5) is 20.8. The molecule has 31 heavy (non-hydrogen) atoms. The first-order valence-electron chi connectivity index (χ1n) is 10.3. The first kappa shape index (κ1) is 23.2. The zero-order valence-electron chi connectivity index (χ0n) is 18.0. The maximum absolute atomic E-state index is 12.7. The van der Waals surface area contributed by atoms with Crippen molar-refractivity contribution in [1.29, 1.82) is 0 Å². The van der Waals surface area contributed by atoms with Gasteiger partial charge in [-0.25, -0.2) is 0 Å². The average Bonchev–Trinajstić information content (AvgIpc) is 3.01. The van der Waals surface area contributed by atoms with Gasteiger partial charge in [0.2, 0.25) is 17.6 Å². The third-order valence-electron chi connectivity index (χ3n) is 4.86. The Bertz CT molecular complexity index is 874. The van der Waals surface area contributed by atoms with Crippen molar-refractivity contribution in [3.63, 3.8) is 0 Å². The summed E-state index contributed by atoms with van der Waals surface area (Å²) in [7, 11) is 0. The Kier molecular flexibility index (Phi) is 7.00. The number of carbonyl (C=O) groups is 1. The highest BCUT2D eigenvalue weighted by Gasteiger charge is 2.30. The number of aromatic nitrogens is 2. The van der Waals surface area contributed by atoms with Gasteiger partial charge < -0.3 is 9.84 Å². The lowest BCUT2D eigenvalue weighted by molar-refractivity contribution is -0.137. The van der Waals surface area contributed by atoms with Gasteiger partial charge in [0.15, 0.2) is 0 Å². The standard InChI is InChI=1S/C21H28F3N5O2/c1-20(2,3)26-17(30)13-28-9-4-10-29(12-11-28)14-18-25-19(27-31-18)15-5-7-16(8-6-15)21(22,23)24/h5-8H,4,9-14H2,1-3H3,(H,26,30). The molecule has 0 spiro atoms. The Hall–Kier alpha value is -2.46. The number of nitrogens with zero attached hydrogens (tertiary/aromatic N) is 4. The van der Waals surface area contributed by atoms with Gasteiger partial charge in [-0.2, -0.15) is 18.2 Å². The van der Waals surface area contributed by atoms with Crippen LogP contribution in [-0.4, -0.2) is 64.1 Å². The van der Waals surface area contributed by atoms with Crippen molar-refractivity contribution in [2.45, 2.75) is 45.5 Å². The van der Waals surface area contributed by atoms with Gasteiger partial charge in [0.05, 0.1) is 18.7 Å². The topological polar surface area (TPSA) is 74.5 Å². The lowest BCUT2D eigenvalue weighted by Crippen LogP contribution is -2.46. The lowest BCUT2D eigenvalue weighted by Gasteiger charge is -2.24. The van der Waals surface area contributed by atoms with Crippen LogP contribution < -0.4 is 5.32 Å². The number of alkyl halides is 3. The Morgan fingerprint density at radius 1 is 1.06 bits per heavy atom. The number of halogens is 3. The first-order valence-corrected chi connectivity index (χ1v) is 10.3. The Morgan fingerprint density at radius 3 is 2.35 bits per heavy atom. The molecule has 2 heterocycles. The Morgan fingerprint density at radius 2 is 1.71 bits per heavy atom. The van der Waals surface area contributed by atoms with Crippen molar-refractivity contribution >= 4 is 5.91 Å². The fourth-order valence-electron chi connectivity index (χ4n) is 3.44. The first-order chi connectivity index (χ1) is 14.5. The second-order valence-electron chi connectivity index (χ2n) is 8.79. The van der Waals surface area contributed by atoms with E-state index in [-0.39, 0.29) is 17.3 Å². The predicted molar refractivity (Wildman–Crippen MR) is 109 cm³/mol. The highest BCUT2D eigenvalue weighted by Crippen LogP contribution is 2.30. The fourth-order valence-corrected chi connectivity index (χ4v) is 3.44. The molecule has 0 bridgehead atoms. The molecule has 0 radical (unpaired) electrons. The zero-order chi connectivity index (χ0) is 22.6. The van der Waals surface area contributed by atoms with Crippen LogP contribution in [0.2, 0.25) is 0 Å². The lowest BCUT2D eigenvalue weighted by atomic mass is 10.1. The summed E-state index contributed by atoms with van der Waals surface area (Å²) in [6.07, 6.45) is -3.47. The number of amides is 1. The van der Waals surface area contributed by atoms with E-state index in [4.69, 9.17) is 4.52 Å². The SMILES string of the molecule is CC(C)(C)NC(=O)CN1CCCN(Cc2nc(-c3ccc(C(F)(F)F)cc3)no2)CC1. The molecule has 3 rings (SSSR count). The van der Waals surface area contributed by atoms with E-state index >= 15 is 0 Å². The summed E-state index contributed by atoms with van der Waals surface area (Å²) in [6, 6.07) is 4.68. The largest absolute Gasteiger partial charge is 0.416 e. The van der Waals surface area contributed by atoms with E-state index in [1.807, 2.05) is 20.8 Å². The number of hydrogen-bond donors (Lipinski definition) is 1. The molecule has 7 nitrogen and oxygen atoms in total. The van der Waals surface area contributed by atoms with Crippen LogP contribution in [0.1, 0.15) is 38.6 Å². The maximum Gasteiger partial charge on any atom is 0.416 e. The molecule has 2 aromatic rings. The molecule has 1 aliphatic heterocycles. The van der Waals surface area contributed by atoms with Crippen molar-refractivity contribution in [3.05, 3.63) is 35.7 Å². The van der Waals surface area contributed by atoms with Crippen LogP contribution in [0.4, 0.5) is 13.2 Å². The van der Waals surface area contributed by atoms with Crippen LogP contribution in [0, 0.1) is 0 Å². The molecule has 1 fully saturated rings. The molecule has 1 aromatic carbocycles. The summed E-state index contributed by atoms with van der Waals surface area (Å²) in [6.45, 7) is 9.84. The van der Waals surface area contributed by atoms with Crippen molar-refractivity contribution in [3.8, 4) is 11.4 Å². The summed E-state index contributed by atoms with van der Waals surface area (Å²) in [5.74, 6) is 0.687. The number of benzene rings is 1. The Labute approximate surface area is 179 Å². The molecule has 1 N–H and O–H groups in total. The van der Waals surface area contributed by atoms with Crippen molar-refractivity contribution in [1.82, 2.24) is 25.3 Å². The highest BCUT2D eigenvalue weighted by molar-refractivity contribution is 5.78. The minimum Gasteiger partial charge on any atom is -0.350 e. The second kappa shape index (κ2) is 9.35. The van der Waals surface area contributed by atoms with Gasteiger partial charge in [-0.15, -0.1) is 0 Å². The van der Waals surface area contributed by atoms with E-state index in [0.29, 0.717) is 24.5 Å². The number of nitrogens with one attached hydrogen (secondary N) is 1. The monoisotopic (exact) mass is 439 g/mol. The van der Waals surface area contributed by atoms with Crippen molar-refractivity contribution < 1.29 is 22.5 Å². The third kappa shape index (κ3) is 7.03. The van der Waals surface area contributed by atoms with Crippen molar-refractivity contribution in [2.75, 3.05) is 32.7 Å². The molecule has 0 aliphatic carbocycles. The summed E-state index contributed by atoms with van der Waals surface area (Å²) in [5, 5.41) is 6.88. The quantitative estimate of drug-likeness (QED) is 0.772. The summed E-state index contributed by atoms with van der Waals surface area (Å²) in [5.41, 5.74) is -0.502. The van der Waals surface area contributed by atoms with Gasteiger partial charge in [-0.3, -0.25) is 14.6 Å². The molecular formula is C21H28F3N5O2. The number of carbonyl (C=O) groups excluding carboxylic acids is 1. The van der Waals surface area contributed by atoms with E-state index in [0.717, 1.165) is 44.7 Å². The van der Waals surface area contributed by atoms with E-state index in [2.05, 4.69) is 25.3 Å². The minimum absolute atomic E-state index is 0.0130. The number of hydrogen-bond acceptors (Lipinski definition) is 6. The van der Waals surface area contributed by atoms with E-state index in [9.17, 15) is 18.0 Å². The summed E-state index contributed by atoms with van der Waals surface area (Å²) >= 11 is 0. The molecule has 10 heteroatoms. The molecule has 0 saturated carbocycles. The highest BCUT2D eigenvalue weighted by atomic mass is 19.4. The maximum atomic E-state index is 12.7. The van der Waals surface area contributed by atoms with Crippen LogP contribution >= 0.6 is 0 Å². The van der Waals surface area contributed by atoms with Gasteiger partial charge in [-0.05, 0) is 52.4 Å². The Balaban J connectivity index is 1.53. The van der Waals surface area contributed by atoms with E-state index < -0.39 is 11.7 Å². The predicted octanol–water partition coefficient (Wildman–Crippen LogP) is 3.18. The molecule has 1 amide bonds. The van der Waals surface area contributed by atoms with E-state index in [1.54, 1.807) is 0 Å². The van der Waals surface area contributed by atoms with Gasteiger partial charge in [0.25, 0.3) is 0 Å². The third-order valence-corrected chi connectivity index (χ3v) is 4.86. The molecular weight excluding hydrogens is 411 g/mol. The number of rotatable bonds is 5. The van der Waals surface area contributed by atoms with Crippen LogP contribution in [-0.2, 0) is 17.5 Å². The van der Waals surface area contributed by atoms with Gasteiger partial charge in [0, 0.05) is 24.2 Å². The van der Waals surface area contributed by atoms with Crippen molar-refractivity contribution in [2.24, 2.45) is 0 Å². The van der Waals surface area contributed by atoms with Gasteiger partial charge in [0.1, 0.15) is 0 Å². The molecule has 0 unspecified atom stereocenters. The zero-order valence-corrected chi connectivity index (χ0v) is 18.0. The van der Waals surface area contributed by atoms with Gasteiger partial charge in [-0.1, -0.05) is 17.3 Å². The van der Waals surface area contributed by atoms with Crippen LogP contribution in [0.3, 0.4) is 0 Å². The molecule has 170 valence electrons. The molecule has 1 saturated heterocycles. The smallest absolute Gasteiger partial charge is 0.350 e. The second-order valence-corrected chi connectivity index (χ2v) is 8.79. The fraction of sp³-hybridized carbons (Fsp3) is 0.571. The molecule has 1 aliphatic rings. The summed E-state index contributed by atoms with van der Waals surface area (Å²) < 4.78 is 43.4. The van der Waals surface area contributed by atoms with E-state index in [1.165, 1.54) is 12.1 Å². The van der Waals surface area contributed by atoms with Crippen LogP contribution in [0.15, 0.2) is 28.8 Å². The average molecular weight is 439 g/mol.